The molecule has 0 unspecified atom stereocenters. The molecule has 0 saturated heterocycles. The molecule has 0 aliphatic heterocycles. The zero-order chi connectivity index (χ0) is 4.00. The van der Waals surface area contributed by atoms with Crippen LogP contribution in [-0.2, 0) is 22.4 Å². The zero-order valence-electron chi connectivity index (χ0n) is 2.20. The average molecular weight is 160 g/mol. The fraction of sp³-hybridized carbons (Fsp3) is 0. The second kappa shape index (κ2) is 352. The van der Waals surface area contributed by atoms with Gasteiger partial charge in [-0.25, -0.2) is 0 Å². The first-order chi connectivity index (χ1) is 2.00. The summed E-state index contributed by atoms with van der Waals surface area (Å²) in [5.41, 5.74) is 0. The molecule has 0 aromatic heterocycles. The van der Waals surface area contributed by atoms with Gasteiger partial charge >= 0.3 is 22.4 Å². The van der Waals surface area contributed by atoms with E-state index in [0.29, 0.717) is 0 Å². The van der Waals surface area contributed by atoms with E-state index in [9.17, 15) is 0 Å². The van der Waals surface area contributed by atoms with E-state index in [1.807, 2.05) is 0 Å². The summed E-state index contributed by atoms with van der Waals surface area (Å²) in [6.45, 7) is 9.50. The van der Waals surface area contributed by atoms with Gasteiger partial charge in [-0.15, -0.1) is 0 Å². The van der Waals surface area contributed by atoms with Gasteiger partial charge in [0.25, 0.3) is 0 Å². The smallest absolute Gasteiger partial charge is 0.512 e. The van der Waals surface area contributed by atoms with Crippen molar-refractivity contribution in [2.45, 2.75) is 0 Å². The van der Waals surface area contributed by atoms with E-state index in [0.717, 1.165) is 0 Å². The molecule has 0 atom stereocenters. The maximum atomic E-state index is 6.25. The predicted octanol–water partition coefficient (Wildman–Crippen LogP) is 0.190. The van der Waals surface area contributed by atoms with E-state index in [2.05, 4.69) is 0 Å². The molecule has 0 bridgehead atoms. The van der Waals surface area contributed by atoms with E-state index in [-0.39, 0.29) is 22.4 Å². The van der Waals surface area contributed by atoms with E-state index < -0.39 is 0 Å². The molecule has 1 radical (unpaired) electrons. The summed E-state index contributed by atoms with van der Waals surface area (Å²) in [7, 11) is 0. The van der Waals surface area contributed by atoms with Crippen LogP contribution in [0.3, 0.4) is 0 Å². The summed E-state index contributed by atoms with van der Waals surface area (Å²) in [5.74, 6) is 0. The fourth-order valence-corrected chi connectivity index (χ4v) is 0. The maximum absolute atomic E-state index is 6.25. The second-order valence-corrected chi connectivity index (χ2v) is 0. The summed E-state index contributed by atoms with van der Waals surface area (Å²) < 4.78 is 0. The molecular formula is C2AgN2. The summed E-state index contributed by atoms with van der Waals surface area (Å²) in [6.07, 6.45) is 0. The van der Waals surface area contributed by atoms with E-state index >= 15 is 0 Å². The van der Waals surface area contributed by atoms with Crippen LogP contribution in [0.2, 0.25) is 0 Å². The van der Waals surface area contributed by atoms with Gasteiger partial charge in [-0.2, -0.15) is 0 Å². The Morgan fingerprint density at radius 1 is 0.800 bits per heavy atom. The summed E-state index contributed by atoms with van der Waals surface area (Å²) in [6, 6.07) is 0. The SMILES string of the molecule is [Ag+2].[C-]#N.[C-]#N. The normalized spacial score (nSPS) is 0.800. The monoisotopic (exact) mass is 159 g/mol. The third kappa shape index (κ3) is 141. The first kappa shape index (κ1) is 22.1. The number of nitrogens with zero attached hydrogens (tertiary/aromatic N) is 2. The maximum Gasteiger partial charge on any atom is 2.00 e. The minimum absolute atomic E-state index is 0. The quantitative estimate of drug-likeness (QED) is 0.375. The van der Waals surface area contributed by atoms with Crippen molar-refractivity contribution in [2.75, 3.05) is 0 Å². The van der Waals surface area contributed by atoms with Gasteiger partial charge in [0.15, 0.2) is 0 Å². The molecule has 0 rings (SSSR count). The molecular weight excluding hydrogens is 160 g/mol. The van der Waals surface area contributed by atoms with Crippen molar-refractivity contribution in [3.8, 4) is 0 Å². The van der Waals surface area contributed by atoms with Gasteiger partial charge in [0, 0.05) is 0 Å². The molecule has 0 aromatic rings. The van der Waals surface area contributed by atoms with Crippen LogP contribution in [0.5, 0.6) is 0 Å². The Morgan fingerprint density at radius 2 is 0.800 bits per heavy atom. The number of hydrogen-bond acceptors (Lipinski definition) is 2. The van der Waals surface area contributed by atoms with Crippen molar-refractivity contribution < 1.29 is 22.4 Å². The van der Waals surface area contributed by atoms with Crippen molar-refractivity contribution in [1.82, 2.24) is 0 Å². The molecule has 0 heterocycles. The van der Waals surface area contributed by atoms with Gasteiger partial charge in [0.1, 0.15) is 0 Å². The van der Waals surface area contributed by atoms with Gasteiger partial charge in [0.2, 0.25) is 0 Å². The van der Waals surface area contributed by atoms with Crippen LogP contribution in [0, 0.1) is 23.7 Å². The molecule has 0 spiro atoms. The molecule has 2 nitrogen and oxygen atoms in total. The molecule has 29 valence electrons. The Bertz CT molecular complexity index is 23.1. The van der Waals surface area contributed by atoms with E-state index in [1.165, 1.54) is 0 Å². The van der Waals surface area contributed by atoms with Gasteiger partial charge in [0.05, 0.1) is 0 Å². The minimum atomic E-state index is 0. The van der Waals surface area contributed by atoms with Crippen molar-refractivity contribution >= 4 is 0 Å². The van der Waals surface area contributed by atoms with Crippen molar-refractivity contribution in [1.29, 1.82) is 10.5 Å². The zero-order valence-corrected chi connectivity index (χ0v) is 3.68. The van der Waals surface area contributed by atoms with Crippen LogP contribution in [0.4, 0.5) is 0 Å². The minimum Gasteiger partial charge on any atom is -0.512 e. The van der Waals surface area contributed by atoms with Crippen molar-refractivity contribution in [2.24, 2.45) is 0 Å². The number of hydrogen-bond donors (Lipinski definition) is 0. The molecule has 0 amide bonds. The largest absolute Gasteiger partial charge is 2.00 e. The molecule has 5 heavy (non-hydrogen) atoms. The molecule has 0 N–H and O–H groups in total. The summed E-state index contributed by atoms with van der Waals surface area (Å²) >= 11 is 0. The van der Waals surface area contributed by atoms with Crippen LogP contribution < -0.4 is 0 Å². The van der Waals surface area contributed by atoms with Gasteiger partial charge in [-0.1, -0.05) is 0 Å². The number of rotatable bonds is 0. The molecule has 0 aliphatic carbocycles. The van der Waals surface area contributed by atoms with Crippen molar-refractivity contribution in [3.63, 3.8) is 0 Å². The predicted molar refractivity (Wildman–Crippen MR) is 9.94 cm³/mol. The van der Waals surface area contributed by atoms with E-state index in [1.54, 1.807) is 0 Å². The molecule has 0 aromatic carbocycles. The van der Waals surface area contributed by atoms with Gasteiger partial charge in [-0.05, 0) is 0 Å². The van der Waals surface area contributed by atoms with E-state index in [4.69, 9.17) is 23.7 Å². The van der Waals surface area contributed by atoms with Crippen LogP contribution in [0.15, 0.2) is 0 Å². The molecule has 0 saturated carbocycles. The van der Waals surface area contributed by atoms with Crippen LogP contribution >= 0.6 is 0 Å². The van der Waals surface area contributed by atoms with Gasteiger partial charge < -0.3 is 23.7 Å². The Kier molecular flexibility index (Phi) is 1550. The Hall–Kier alpha value is -0.280. The topological polar surface area (TPSA) is 47.6 Å². The summed E-state index contributed by atoms with van der Waals surface area (Å²) in [4.78, 5) is 0. The first-order valence-electron chi connectivity index (χ1n) is 0.447. The first-order valence-corrected chi connectivity index (χ1v) is 0.447. The Balaban J connectivity index is -0.0000000133. The van der Waals surface area contributed by atoms with Crippen LogP contribution in [0.25, 0.3) is 0 Å². The standard InChI is InChI=1S/2CN.Ag/c2*1-2;/q2*-1;+2. The van der Waals surface area contributed by atoms with Crippen LogP contribution in [-0.4, -0.2) is 0 Å². The fourth-order valence-electron chi connectivity index (χ4n) is 0. The van der Waals surface area contributed by atoms with Crippen LogP contribution in [0.1, 0.15) is 0 Å². The molecule has 0 fully saturated rings. The summed E-state index contributed by atoms with van der Waals surface area (Å²) in [5, 5.41) is 12.5. The molecule has 0 aliphatic rings. The van der Waals surface area contributed by atoms with Crippen molar-refractivity contribution in [3.05, 3.63) is 13.1 Å². The Labute approximate surface area is 46.5 Å². The molecule has 3 heteroatoms. The second-order valence-electron chi connectivity index (χ2n) is 0. The Morgan fingerprint density at radius 3 is 0.800 bits per heavy atom. The average Bonchev–Trinajstić information content (AvgIpc) is 1.50. The van der Waals surface area contributed by atoms with Gasteiger partial charge in [-0.3, -0.25) is 0 Å². The third-order valence-electron chi connectivity index (χ3n) is 0. The third-order valence-corrected chi connectivity index (χ3v) is 0.